The zero-order valence-electron chi connectivity index (χ0n) is 16.0. The minimum atomic E-state index is -0.887. The highest BCUT2D eigenvalue weighted by molar-refractivity contribution is 8.13. The van der Waals surface area contributed by atoms with Crippen LogP contribution < -0.4 is 5.32 Å². The van der Waals surface area contributed by atoms with Crippen LogP contribution in [0.25, 0.3) is 0 Å². The Morgan fingerprint density at radius 3 is 2.36 bits per heavy atom. The van der Waals surface area contributed by atoms with Crippen LogP contribution in [0.1, 0.15) is 47.5 Å². The lowest BCUT2D eigenvalue weighted by Gasteiger charge is -2.21. The van der Waals surface area contributed by atoms with Crippen LogP contribution in [-0.4, -0.2) is 59.7 Å². The van der Waals surface area contributed by atoms with Crippen molar-refractivity contribution >= 4 is 35.0 Å². The molecule has 144 valence electrons. The van der Waals surface area contributed by atoms with Gasteiger partial charge in [0.05, 0.1) is 6.61 Å². The van der Waals surface area contributed by atoms with Crippen molar-refractivity contribution < 1.29 is 23.9 Å². The van der Waals surface area contributed by atoms with Crippen LogP contribution in [0.15, 0.2) is 4.99 Å². The van der Waals surface area contributed by atoms with Gasteiger partial charge in [0.25, 0.3) is 5.91 Å². The van der Waals surface area contributed by atoms with Gasteiger partial charge in [0.2, 0.25) is 0 Å². The molecule has 8 nitrogen and oxygen atoms in total. The summed E-state index contributed by atoms with van der Waals surface area (Å²) in [6.45, 7) is 8.97. The molecule has 0 aromatic carbocycles. The summed E-state index contributed by atoms with van der Waals surface area (Å²) in [7, 11) is 1.48. The number of nitrogens with one attached hydrogen (secondary N) is 1. The van der Waals surface area contributed by atoms with Crippen LogP contribution in [-0.2, 0) is 14.3 Å². The number of thioether (sulfide) groups is 1. The Balaban J connectivity index is 4.80. The van der Waals surface area contributed by atoms with Crippen molar-refractivity contribution in [3.05, 3.63) is 0 Å². The average molecular weight is 375 g/mol. The first-order valence-corrected chi connectivity index (χ1v) is 9.30. The summed E-state index contributed by atoms with van der Waals surface area (Å²) in [6.07, 6.45) is 2.07. The number of carbonyl (C=O) groups excluding carboxylic acids is 3. The van der Waals surface area contributed by atoms with Crippen LogP contribution in [0, 0.1) is 0 Å². The van der Waals surface area contributed by atoms with E-state index in [0.29, 0.717) is 6.61 Å². The van der Waals surface area contributed by atoms with E-state index >= 15 is 0 Å². The Labute approximate surface area is 153 Å². The Morgan fingerprint density at radius 2 is 1.88 bits per heavy atom. The van der Waals surface area contributed by atoms with Crippen molar-refractivity contribution in [2.45, 2.75) is 59.1 Å². The molecule has 0 bridgehead atoms. The smallest absolute Gasteiger partial charge is 0.415 e. The van der Waals surface area contributed by atoms with Gasteiger partial charge in [-0.2, -0.15) is 4.99 Å². The quantitative estimate of drug-likeness (QED) is 0.451. The Bertz CT molecular complexity index is 502. The number of hydrogen-bond donors (Lipinski definition) is 1. The monoisotopic (exact) mass is 375 g/mol. The van der Waals surface area contributed by atoms with Gasteiger partial charge in [0.15, 0.2) is 5.17 Å². The molecule has 9 heteroatoms. The van der Waals surface area contributed by atoms with Crippen molar-refractivity contribution in [3.63, 3.8) is 0 Å². The molecule has 3 amide bonds. The predicted octanol–water partition coefficient (Wildman–Crippen LogP) is 3.01. The topological polar surface area (TPSA) is 97.3 Å². The standard InChI is InChI=1S/C16H29N3O5S/c1-8-9-10-23-15(22)19(6)13(25-7)18-12(20)11(2)17-14(21)24-16(3,4)5/h11H,8-10H2,1-7H3,(H,17,21)/t11-/m0/s1. The van der Waals surface area contributed by atoms with Gasteiger partial charge >= 0.3 is 12.2 Å². The summed E-state index contributed by atoms with van der Waals surface area (Å²) in [5.41, 5.74) is -0.664. The molecule has 0 radical (unpaired) electrons. The number of aliphatic imine (C=N–C) groups is 1. The second kappa shape index (κ2) is 11.0. The van der Waals surface area contributed by atoms with E-state index in [4.69, 9.17) is 9.47 Å². The van der Waals surface area contributed by atoms with E-state index in [1.54, 1.807) is 27.0 Å². The van der Waals surface area contributed by atoms with Gasteiger partial charge in [0.1, 0.15) is 11.6 Å². The number of amidine groups is 1. The summed E-state index contributed by atoms with van der Waals surface area (Å²) in [5.74, 6) is -0.594. The third kappa shape index (κ3) is 9.96. The number of amides is 3. The Hall–Kier alpha value is -1.77. The zero-order chi connectivity index (χ0) is 19.6. The highest BCUT2D eigenvalue weighted by Gasteiger charge is 2.23. The van der Waals surface area contributed by atoms with Crippen LogP contribution in [0.4, 0.5) is 9.59 Å². The highest BCUT2D eigenvalue weighted by atomic mass is 32.2. The molecule has 0 aliphatic heterocycles. The van der Waals surface area contributed by atoms with E-state index in [-0.39, 0.29) is 5.17 Å². The fourth-order valence-corrected chi connectivity index (χ4v) is 2.00. The lowest BCUT2D eigenvalue weighted by atomic mass is 10.2. The third-order valence-electron chi connectivity index (χ3n) is 2.78. The number of carbonyl (C=O) groups is 3. The molecular weight excluding hydrogens is 346 g/mol. The minimum Gasteiger partial charge on any atom is -0.449 e. The summed E-state index contributed by atoms with van der Waals surface area (Å²) < 4.78 is 10.2. The second-order valence-electron chi connectivity index (χ2n) is 6.33. The molecule has 0 spiro atoms. The van der Waals surface area contributed by atoms with Crippen molar-refractivity contribution in [2.75, 3.05) is 19.9 Å². The number of alkyl carbamates (subject to hydrolysis) is 1. The lowest BCUT2D eigenvalue weighted by molar-refractivity contribution is -0.119. The Morgan fingerprint density at radius 1 is 1.28 bits per heavy atom. The summed E-state index contributed by atoms with van der Waals surface area (Å²) >= 11 is 1.13. The maximum atomic E-state index is 12.2. The molecule has 1 N–H and O–H groups in total. The Kier molecular flexibility index (Phi) is 10.2. The van der Waals surface area contributed by atoms with E-state index in [1.807, 2.05) is 6.92 Å². The van der Waals surface area contributed by atoms with E-state index in [1.165, 1.54) is 18.9 Å². The molecule has 0 aromatic heterocycles. The first-order chi connectivity index (χ1) is 11.5. The third-order valence-corrected chi connectivity index (χ3v) is 3.51. The first-order valence-electron chi connectivity index (χ1n) is 8.08. The number of rotatable bonds is 5. The molecule has 0 fully saturated rings. The minimum absolute atomic E-state index is 0.185. The summed E-state index contributed by atoms with van der Waals surface area (Å²) in [5, 5.41) is 2.60. The van der Waals surface area contributed by atoms with E-state index in [9.17, 15) is 14.4 Å². The van der Waals surface area contributed by atoms with Gasteiger partial charge in [-0.05, 0) is 40.4 Å². The molecule has 0 aliphatic carbocycles. The predicted molar refractivity (Wildman–Crippen MR) is 98.8 cm³/mol. The molecule has 0 heterocycles. The molecule has 25 heavy (non-hydrogen) atoms. The molecule has 0 aromatic rings. The van der Waals surface area contributed by atoms with Crippen molar-refractivity contribution in [1.82, 2.24) is 10.2 Å². The van der Waals surface area contributed by atoms with Crippen LogP contribution in [0.5, 0.6) is 0 Å². The van der Waals surface area contributed by atoms with Crippen molar-refractivity contribution in [2.24, 2.45) is 4.99 Å². The SMILES string of the molecule is CCCCOC(=O)N(C)C(=NC(=O)[C@H](C)NC(=O)OC(C)(C)C)SC. The van der Waals surface area contributed by atoms with E-state index in [2.05, 4.69) is 10.3 Å². The normalized spacial score (nSPS) is 13.0. The van der Waals surface area contributed by atoms with Crippen LogP contribution in [0.2, 0.25) is 0 Å². The summed E-state index contributed by atoms with van der Waals surface area (Å²) in [6, 6.07) is -0.887. The van der Waals surface area contributed by atoms with Gasteiger partial charge in [-0.3, -0.25) is 9.69 Å². The average Bonchev–Trinajstić information content (AvgIpc) is 2.49. The maximum absolute atomic E-state index is 12.2. The molecule has 0 aliphatic rings. The van der Waals surface area contributed by atoms with E-state index in [0.717, 1.165) is 24.6 Å². The molecule has 0 rings (SSSR count). The molecule has 0 saturated carbocycles. The van der Waals surface area contributed by atoms with Gasteiger partial charge in [-0.25, -0.2) is 9.59 Å². The fraction of sp³-hybridized carbons (Fsp3) is 0.750. The van der Waals surface area contributed by atoms with E-state index < -0.39 is 29.7 Å². The first kappa shape index (κ1) is 23.2. The van der Waals surface area contributed by atoms with Gasteiger partial charge in [0, 0.05) is 7.05 Å². The highest BCUT2D eigenvalue weighted by Crippen LogP contribution is 2.09. The zero-order valence-corrected chi connectivity index (χ0v) is 16.9. The lowest BCUT2D eigenvalue weighted by Crippen LogP contribution is -2.42. The van der Waals surface area contributed by atoms with Gasteiger partial charge in [-0.15, -0.1) is 0 Å². The van der Waals surface area contributed by atoms with Crippen molar-refractivity contribution in [1.29, 1.82) is 0 Å². The molecule has 1 atom stereocenters. The molecular formula is C16H29N3O5S. The molecule has 0 saturated heterocycles. The second-order valence-corrected chi connectivity index (χ2v) is 7.10. The van der Waals surface area contributed by atoms with Gasteiger partial charge in [-0.1, -0.05) is 25.1 Å². The largest absolute Gasteiger partial charge is 0.449 e. The number of unbranched alkanes of at least 4 members (excludes halogenated alkanes) is 1. The van der Waals surface area contributed by atoms with Crippen molar-refractivity contribution in [3.8, 4) is 0 Å². The van der Waals surface area contributed by atoms with Gasteiger partial charge < -0.3 is 14.8 Å². The van der Waals surface area contributed by atoms with Crippen LogP contribution >= 0.6 is 11.8 Å². The number of ether oxygens (including phenoxy) is 2. The number of nitrogens with zero attached hydrogens (tertiary/aromatic N) is 2. The number of hydrogen-bond acceptors (Lipinski definition) is 6. The van der Waals surface area contributed by atoms with Crippen LogP contribution in [0.3, 0.4) is 0 Å². The molecule has 0 unspecified atom stereocenters. The fourth-order valence-electron chi connectivity index (χ4n) is 1.47. The summed E-state index contributed by atoms with van der Waals surface area (Å²) in [4.78, 5) is 40.8. The maximum Gasteiger partial charge on any atom is 0.415 e.